The first-order chi connectivity index (χ1) is 7.63. The maximum Gasteiger partial charge on any atom is 0.203 e. The number of hydrogen-bond acceptors (Lipinski definition) is 3. The third-order valence-electron chi connectivity index (χ3n) is 2.89. The molecule has 0 saturated carbocycles. The minimum Gasteiger partial charge on any atom is -0.395 e. The number of fused-ring (bicyclic) bond motifs is 1. The van der Waals surface area contributed by atoms with Gasteiger partial charge in [-0.25, -0.2) is 4.98 Å². The van der Waals surface area contributed by atoms with Gasteiger partial charge in [-0.3, -0.25) is 0 Å². The van der Waals surface area contributed by atoms with Crippen LogP contribution in [-0.2, 0) is 7.05 Å². The summed E-state index contributed by atoms with van der Waals surface area (Å²) >= 11 is 0. The van der Waals surface area contributed by atoms with E-state index in [9.17, 15) is 0 Å². The van der Waals surface area contributed by atoms with Crippen molar-refractivity contribution in [2.45, 2.75) is 13.8 Å². The quantitative estimate of drug-likeness (QED) is 0.824. The number of aromatic nitrogens is 2. The number of hydrogen-bond donors (Lipinski definition) is 2. The van der Waals surface area contributed by atoms with Gasteiger partial charge in [0.1, 0.15) is 0 Å². The van der Waals surface area contributed by atoms with Crippen molar-refractivity contribution in [3.05, 3.63) is 23.3 Å². The second-order valence-electron chi connectivity index (χ2n) is 4.07. The lowest BCUT2D eigenvalue weighted by Gasteiger charge is -2.04. The summed E-state index contributed by atoms with van der Waals surface area (Å²) in [6, 6.07) is 4.23. The summed E-state index contributed by atoms with van der Waals surface area (Å²) in [6.07, 6.45) is 0. The van der Waals surface area contributed by atoms with Crippen molar-refractivity contribution >= 4 is 17.0 Å². The first-order valence-electron chi connectivity index (χ1n) is 5.42. The Bertz CT molecular complexity index is 516. The maximum absolute atomic E-state index is 8.78. The molecule has 0 atom stereocenters. The molecule has 0 fully saturated rings. The van der Waals surface area contributed by atoms with Crippen LogP contribution >= 0.6 is 0 Å². The lowest BCUT2D eigenvalue weighted by molar-refractivity contribution is 0.310. The monoisotopic (exact) mass is 219 g/mol. The Morgan fingerprint density at radius 2 is 2.00 bits per heavy atom. The summed E-state index contributed by atoms with van der Waals surface area (Å²) < 4.78 is 2.01. The van der Waals surface area contributed by atoms with Crippen LogP contribution in [0, 0.1) is 13.8 Å². The zero-order chi connectivity index (χ0) is 11.7. The van der Waals surface area contributed by atoms with Gasteiger partial charge in [0.2, 0.25) is 5.95 Å². The molecule has 2 rings (SSSR count). The van der Waals surface area contributed by atoms with Gasteiger partial charge in [-0.15, -0.1) is 0 Å². The summed E-state index contributed by atoms with van der Waals surface area (Å²) in [6.45, 7) is 4.82. The molecule has 86 valence electrons. The number of anilines is 1. The Labute approximate surface area is 94.9 Å². The molecule has 0 spiro atoms. The maximum atomic E-state index is 8.78. The molecule has 0 bridgehead atoms. The number of imidazole rings is 1. The number of aryl methyl sites for hydroxylation is 3. The van der Waals surface area contributed by atoms with E-state index in [2.05, 4.69) is 36.3 Å². The highest BCUT2D eigenvalue weighted by molar-refractivity contribution is 5.80. The first-order valence-corrected chi connectivity index (χ1v) is 5.42. The number of aliphatic hydroxyl groups excluding tert-OH is 1. The van der Waals surface area contributed by atoms with Crippen molar-refractivity contribution in [1.82, 2.24) is 9.55 Å². The van der Waals surface area contributed by atoms with Crippen molar-refractivity contribution in [1.29, 1.82) is 0 Å². The second kappa shape index (κ2) is 4.14. The standard InChI is InChI=1S/C12H17N3O/c1-8-6-10-11(7-9(8)2)15(3)12(14-10)13-4-5-16/h6-7,16H,4-5H2,1-3H3,(H,13,14). The van der Waals surface area contributed by atoms with Gasteiger partial charge >= 0.3 is 0 Å². The van der Waals surface area contributed by atoms with Gasteiger partial charge in [0.05, 0.1) is 17.6 Å². The Balaban J connectivity index is 2.50. The van der Waals surface area contributed by atoms with Crippen molar-refractivity contribution in [3.63, 3.8) is 0 Å². The summed E-state index contributed by atoms with van der Waals surface area (Å²) in [5, 5.41) is 11.9. The lowest BCUT2D eigenvalue weighted by Crippen LogP contribution is -2.09. The molecular formula is C12H17N3O. The van der Waals surface area contributed by atoms with E-state index < -0.39 is 0 Å². The topological polar surface area (TPSA) is 50.1 Å². The fourth-order valence-electron chi connectivity index (χ4n) is 1.77. The van der Waals surface area contributed by atoms with Crippen LogP contribution < -0.4 is 5.32 Å². The Morgan fingerprint density at radius 1 is 1.31 bits per heavy atom. The van der Waals surface area contributed by atoms with Crippen LogP contribution in [0.15, 0.2) is 12.1 Å². The van der Waals surface area contributed by atoms with E-state index in [4.69, 9.17) is 5.11 Å². The highest BCUT2D eigenvalue weighted by atomic mass is 16.3. The molecule has 0 saturated heterocycles. The zero-order valence-electron chi connectivity index (χ0n) is 9.91. The molecule has 0 amide bonds. The van der Waals surface area contributed by atoms with Crippen LogP contribution in [0.5, 0.6) is 0 Å². The van der Waals surface area contributed by atoms with E-state index in [0.717, 1.165) is 17.0 Å². The fourth-order valence-corrected chi connectivity index (χ4v) is 1.77. The van der Waals surface area contributed by atoms with Crippen molar-refractivity contribution in [2.24, 2.45) is 7.05 Å². The molecule has 4 nitrogen and oxygen atoms in total. The van der Waals surface area contributed by atoms with Crippen molar-refractivity contribution in [2.75, 3.05) is 18.5 Å². The summed E-state index contributed by atoms with van der Waals surface area (Å²) in [4.78, 5) is 4.49. The molecule has 1 heterocycles. The Morgan fingerprint density at radius 3 is 2.69 bits per heavy atom. The second-order valence-corrected chi connectivity index (χ2v) is 4.07. The molecule has 4 heteroatoms. The minimum absolute atomic E-state index is 0.112. The molecule has 0 aliphatic rings. The van der Waals surface area contributed by atoms with Gasteiger partial charge in [-0.05, 0) is 37.1 Å². The van der Waals surface area contributed by atoms with E-state index in [1.807, 2.05) is 11.6 Å². The van der Waals surface area contributed by atoms with Crippen molar-refractivity contribution < 1.29 is 5.11 Å². The molecule has 1 aromatic carbocycles. The van der Waals surface area contributed by atoms with Crippen LogP contribution in [0.2, 0.25) is 0 Å². The number of nitrogens with one attached hydrogen (secondary N) is 1. The Kier molecular flexibility index (Phi) is 2.83. The molecule has 16 heavy (non-hydrogen) atoms. The number of nitrogens with zero attached hydrogens (tertiary/aromatic N) is 2. The molecule has 0 aliphatic carbocycles. The Hall–Kier alpha value is -1.55. The van der Waals surface area contributed by atoms with Crippen LogP contribution in [0.1, 0.15) is 11.1 Å². The smallest absolute Gasteiger partial charge is 0.203 e. The summed E-state index contributed by atoms with van der Waals surface area (Å²) in [7, 11) is 1.98. The molecule has 2 N–H and O–H groups in total. The van der Waals surface area contributed by atoms with Crippen LogP contribution in [0.3, 0.4) is 0 Å². The SMILES string of the molecule is Cc1cc2nc(NCCO)n(C)c2cc1C. The number of aliphatic hydroxyl groups is 1. The molecule has 0 aliphatic heterocycles. The van der Waals surface area contributed by atoms with Crippen LogP contribution in [-0.4, -0.2) is 27.8 Å². The predicted molar refractivity (Wildman–Crippen MR) is 65.8 cm³/mol. The van der Waals surface area contributed by atoms with E-state index >= 15 is 0 Å². The third-order valence-corrected chi connectivity index (χ3v) is 2.89. The van der Waals surface area contributed by atoms with Gasteiger partial charge in [0.15, 0.2) is 0 Å². The molecular weight excluding hydrogens is 202 g/mol. The van der Waals surface area contributed by atoms with E-state index in [1.54, 1.807) is 0 Å². The average Bonchev–Trinajstić information content (AvgIpc) is 2.54. The van der Waals surface area contributed by atoms with Gasteiger partial charge in [0.25, 0.3) is 0 Å². The van der Waals surface area contributed by atoms with E-state index in [0.29, 0.717) is 6.54 Å². The predicted octanol–water partition coefficient (Wildman–Crippen LogP) is 1.59. The number of benzene rings is 1. The zero-order valence-corrected chi connectivity index (χ0v) is 9.91. The van der Waals surface area contributed by atoms with E-state index in [-0.39, 0.29) is 6.61 Å². The lowest BCUT2D eigenvalue weighted by atomic mass is 10.1. The van der Waals surface area contributed by atoms with Gasteiger partial charge in [-0.1, -0.05) is 0 Å². The van der Waals surface area contributed by atoms with Crippen LogP contribution in [0.4, 0.5) is 5.95 Å². The molecule has 0 radical (unpaired) electrons. The van der Waals surface area contributed by atoms with Gasteiger partial charge in [-0.2, -0.15) is 0 Å². The fraction of sp³-hybridized carbons (Fsp3) is 0.417. The van der Waals surface area contributed by atoms with Gasteiger partial charge < -0.3 is 15.0 Å². The summed E-state index contributed by atoms with van der Waals surface area (Å²) in [5.41, 5.74) is 4.62. The molecule has 2 aromatic rings. The normalized spacial score (nSPS) is 11.0. The molecule has 0 unspecified atom stereocenters. The minimum atomic E-state index is 0.112. The highest BCUT2D eigenvalue weighted by Crippen LogP contribution is 2.21. The summed E-state index contributed by atoms with van der Waals surface area (Å²) in [5.74, 6) is 0.800. The average molecular weight is 219 g/mol. The van der Waals surface area contributed by atoms with E-state index in [1.165, 1.54) is 11.1 Å². The third kappa shape index (κ3) is 1.76. The number of rotatable bonds is 3. The largest absolute Gasteiger partial charge is 0.395 e. The van der Waals surface area contributed by atoms with Crippen molar-refractivity contribution in [3.8, 4) is 0 Å². The highest BCUT2D eigenvalue weighted by Gasteiger charge is 2.08. The van der Waals surface area contributed by atoms with Crippen LogP contribution in [0.25, 0.3) is 11.0 Å². The first kappa shape index (κ1) is 11.0. The molecule has 1 aromatic heterocycles. The van der Waals surface area contributed by atoms with Gasteiger partial charge in [0, 0.05) is 13.6 Å².